The number of hydrogen-bond donors (Lipinski definition) is 1. The zero-order chi connectivity index (χ0) is 9.98. The van der Waals surface area contributed by atoms with E-state index in [1.54, 1.807) is 7.05 Å². The molecule has 0 aliphatic heterocycles. The van der Waals surface area contributed by atoms with Crippen LogP contribution in [0.2, 0.25) is 0 Å². The Hall–Kier alpha value is -0.0200. The third-order valence-electron chi connectivity index (χ3n) is 1.28. The van der Waals surface area contributed by atoms with Crippen molar-refractivity contribution in [3.05, 3.63) is 0 Å². The van der Waals surface area contributed by atoms with E-state index in [1.807, 2.05) is 25.6 Å². The van der Waals surface area contributed by atoms with E-state index in [1.165, 1.54) is 5.75 Å². The monoisotopic (exact) mass is 191 g/mol. The fraction of sp³-hybridized carbons (Fsp3) is 0.889. The van der Waals surface area contributed by atoms with Crippen LogP contribution in [0.25, 0.3) is 0 Å². The normalized spacial score (nSPS) is 9.17. The summed E-state index contributed by atoms with van der Waals surface area (Å²) in [6.07, 6.45) is 2.10. The molecule has 0 unspecified atom stereocenters. The first-order valence-electron chi connectivity index (χ1n) is 4.26. The molecule has 0 radical (unpaired) electrons. The molecule has 1 N–H and O–H groups in total. The van der Waals surface area contributed by atoms with Crippen LogP contribution in [-0.2, 0) is 4.79 Å². The number of carbonyl (C=O) groups is 1. The van der Waals surface area contributed by atoms with Crippen LogP contribution in [0.3, 0.4) is 0 Å². The summed E-state index contributed by atoms with van der Waals surface area (Å²) in [4.78, 5) is 10.7. The third-order valence-corrected chi connectivity index (χ3v) is 1.86. The number of Topliss-reactive ketones (excluding diaryl/α,β-unsaturated/α-hetero) is 1. The molecule has 0 aliphatic rings. The highest BCUT2D eigenvalue weighted by atomic mass is 32.2. The SMILES string of the molecule is CCSC.CNCC(=O)C(C)C. The molecular formula is C9H21NOS. The first-order chi connectivity index (χ1) is 5.59. The fourth-order valence-corrected chi connectivity index (χ4v) is 0.378. The van der Waals surface area contributed by atoms with Gasteiger partial charge in [-0.25, -0.2) is 0 Å². The first-order valence-corrected chi connectivity index (χ1v) is 5.65. The number of carbonyl (C=O) groups excluding carboxylic acids is 1. The maximum absolute atomic E-state index is 10.7. The highest BCUT2D eigenvalue weighted by Gasteiger charge is 2.03. The lowest BCUT2D eigenvalue weighted by Crippen LogP contribution is -2.22. The van der Waals surface area contributed by atoms with Gasteiger partial charge >= 0.3 is 0 Å². The van der Waals surface area contributed by atoms with Crippen LogP contribution in [0, 0.1) is 5.92 Å². The number of ketones is 1. The van der Waals surface area contributed by atoms with E-state index in [4.69, 9.17) is 0 Å². The van der Waals surface area contributed by atoms with Gasteiger partial charge in [-0.2, -0.15) is 11.8 Å². The zero-order valence-electron chi connectivity index (χ0n) is 8.81. The Bertz CT molecular complexity index is 103. The van der Waals surface area contributed by atoms with Crippen molar-refractivity contribution in [3.63, 3.8) is 0 Å². The number of thioether (sulfide) groups is 1. The topological polar surface area (TPSA) is 29.1 Å². The van der Waals surface area contributed by atoms with Crippen LogP contribution in [-0.4, -0.2) is 31.4 Å². The highest BCUT2D eigenvalue weighted by Crippen LogP contribution is 1.90. The van der Waals surface area contributed by atoms with Crippen LogP contribution < -0.4 is 5.32 Å². The van der Waals surface area contributed by atoms with Gasteiger partial charge in [-0.1, -0.05) is 20.8 Å². The van der Waals surface area contributed by atoms with Gasteiger partial charge < -0.3 is 5.32 Å². The van der Waals surface area contributed by atoms with E-state index >= 15 is 0 Å². The Morgan fingerprint density at radius 3 is 2.00 bits per heavy atom. The molecule has 0 rings (SSSR count). The summed E-state index contributed by atoms with van der Waals surface area (Å²) in [5.41, 5.74) is 0. The molecule has 0 aromatic carbocycles. The number of likely N-dealkylation sites (N-methyl/N-ethyl adjacent to an activating group) is 1. The summed E-state index contributed by atoms with van der Waals surface area (Å²) in [6, 6.07) is 0. The highest BCUT2D eigenvalue weighted by molar-refractivity contribution is 7.98. The lowest BCUT2D eigenvalue weighted by molar-refractivity contribution is -0.120. The second-order valence-electron chi connectivity index (χ2n) is 2.73. The van der Waals surface area contributed by atoms with Gasteiger partial charge in [0.05, 0.1) is 6.54 Å². The predicted molar refractivity (Wildman–Crippen MR) is 57.8 cm³/mol. The van der Waals surface area contributed by atoms with Gasteiger partial charge in [0, 0.05) is 5.92 Å². The largest absolute Gasteiger partial charge is 0.313 e. The van der Waals surface area contributed by atoms with E-state index in [9.17, 15) is 4.79 Å². The van der Waals surface area contributed by atoms with E-state index in [-0.39, 0.29) is 11.7 Å². The maximum atomic E-state index is 10.7. The molecule has 0 aromatic heterocycles. The molecular weight excluding hydrogens is 170 g/mol. The van der Waals surface area contributed by atoms with Crippen molar-refractivity contribution in [2.24, 2.45) is 5.92 Å². The van der Waals surface area contributed by atoms with Gasteiger partial charge in [0.1, 0.15) is 5.78 Å². The van der Waals surface area contributed by atoms with E-state index in [2.05, 4.69) is 18.5 Å². The molecule has 0 aliphatic carbocycles. The Balaban J connectivity index is 0. The average molecular weight is 191 g/mol. The molecule has 2 nitrogen and oxygen atoms in total. The second-order valence-corrected chi connectivity index (χ2v) is 3.88. The molecule has 0 heterocycles. The molecule has 0 fully saturated rings. The van der Waals surface area contributed by atoms with E-state index in [0.717, 1.165) is 0 Å². The van der Waals surface area contributed by atoms with Gasteiger partial charge in [-0.3, -0.25) is 4.79 Å². The van der Waals surface area contributed by atoms with Crippen LogP contribution in [0.1, 0.15) is 20.8 Å². The lowest BCUT2D eigenvalue weighted by Gasteiger charge is -2.00. The summed E-state index contributed by atoms with van der Waals surface area (Å²) in [5, 5.41) is 2.80. The summed E-state index contributed by atoms with van der Waals surface area (Å²) in [5.74, 6) is 1.68. The number of nitrogens with one attached hydrogen (secondary N) is 1. The molecule has 3 heteroatoms. The maximum Gasteiger partial charge on any atom is 0.149 e. The Labute approximate surface area is 80.5 Å². The zero-order valence-corrected chi connectivity index (χ0v) is 9.62. The Morgan fingerprint density at radius 2 is 1.92 bits per heavy atom. The van der Waals surface area contributed by atoms with Crippen molar-refractivity contribution in [2.45, 2.75) is 20.8 Å². The summed E-state index contributed by atoms with van der Waals surface area (Å²) >= 11 is 1.86. The standard InChI is InChI=1S/C6H13NO.C3H8S/c1-5(2)6(8)4-7-3;1-3-4-2/h5,7H,4H2,1-3H3;3H2,1-2H3. The first kappa shape index (κ1) is 14.5. The van der Waals surface area contributed by atoms with Gasteiger partial charge in [0.2, 0.25) is 0 Å². The van der Waals surface area contributed by atoms with E-state index in [0.29, 0.717) is 6.54 Å². The summed E-state index contributed by atoms with van der Waals surface area (Å²) in [6.45, 7) is 6.45. The van der Waals surface area contributed by atoms with Crippen LogP contribution in [0.4, 0.5) is 0 Å². The van der Waals surface area contributed by atoms with Crippen LogP contribution >= 0.6 is 11.8 Å². The average Bonchev–Trinajstić information content (AvgIpc) is 2.05. The third kappa shape index (κ3) is 12.6. The minimum absolute atomic E-state index is 0.169. The molecule has 0 bridgehead atoms. The molecule has 0 spiro atoms. The van der Waals surface area contributed by atoms with Crippen molar-refractivity contribution < 1.29 is 4.79 Å². The second kappa shape index (κ2) is 11.0. The van der Waals surface area contributed by atoms with Gasteiger partial charge in [-0.05, 0) is 19.1 Å². The van der Waals surface area contributed by atoms with Gasteiger partial charge in [0.25, 0.3) is 0 Å². The molecule has 0 atom stereocenters. The lowest BCUT2D eigenvalue weighted by atomic mass is 10.1. The Morgan fingerprint density at radius 1 is 1.50 bits per heavy atom. The number of rotatable bonds is 4. The number of hydrogen-bond acceptors (Lipinski definition) is 3. The van der Waals surface area contributed by atoms with Crippen molar-refractivity contribution in [1.29, 1.82) is 0 Å². The molecule has 0 amide bonds. The van der Waals surface area contributed by atoms with Gasteiger partial charge in [0.15, 0.2) is 0 Å². The molecule has 12 heavy (non-hydrogen) atoms. The smallest absolute Gasteiger partial charge is 0.149 e. The quantitative estimate of drug-likeness (QED) is 0.734. The Kier molecular flexibility index (Phi) is 13.3. The van der Waals surface area contributed by atoms with Crippen LogP contribution in [0.15, 0.2) is 0 Å². The minimum atomic E-state index is 0.169. The molecule has 0 aromatic rings. The van der Waals surface area contributed by atoms with Crippen LogP contribution in [0.5, 0.6) is 0 Å². The van der Waals surface area contributed by atoms with E-state index < -0.39 is 0 Å². The molecule has 74 valence electrons. The van der Waals surface area contributed by atoms with Crippen molar-refractivity contribution >= 4 is 17.5 Å². The summed E-state index contributed by atoms with van der Waals surface area (Å²) < 4.78 is 0. The van der Waals surface area contributed by atoms with Crippen molar-refractivity contribution in [2.75, 3.05) is 25.6 Å². The summed E-state index contributed by atoms with van der Waals surface area (Å²) in [7, 11) is 1.78. The van der Waals surface area contributed by atoms with Crippen molar-refractivity contribution in [1.82, 2.24) is 5.32 Å². The molecule has 0 saturated carbocycles. The molecule has 0 saturated heterocycles. The van der Waals surface area contributed by atoms with Crippen molar-refractivity contribution in [3.8, 4) is 0 Å². The predicted octanol–water partition coefficient (Wildman–Crippen LogP) is 1.80. The fourth-order valence-electron chi connectivity index (χ4n) is 0.378. The van der Waals surface area contributed by atoms with Gasteiger partial charge in [-0.15, -0.1) is 0 Å². The minimum Gasteiger partial charge on any atom is -0.313 e.